The molecule has 1 nitrogen and oxygen atoms in total. The fourth-order valence-corrected chi connectivity index (χ4v) is 1.81. The Labute approximate surface area is 68.6 Å². The summed E-state index contributed by atoms with van der Waals surface area (Å²) in [5, 5.41) is 3.46. The Morgan fingerprint density at radius 2 is 1.82 bits per heavy atom. The predicted molar refractivity (Wildman–Crippen MR) is 46.1 cm³/mol. The Hall–Kier alpha value is -0.480. The van der Waals surface area contributed by atoms with Crippen molar-refractivity contribution in [1.29, 1.82) is 0 Å². The second-order valence-electron chi connectivity index (χ2n) is 3.79. The standard InChI is InChI=1S/C10H15N/c1-2-7-11-10(8-3-4-8)9-5-6-9/h1,8-11H,3-7H2. The molecule has 0 spiro atoms. The molecule has 0 saturated heterocycles. The van der Waals surface area contributed by atoms with Gasteiger partial charge in [0.1, 0.15) is 0 Å². The van der Waals surface area contributed by atoms with Crippen LogP contribution < -0.4 is 5.32 Å². The van der Waals surface area contributed by atoms with Gasteiger partial charge in [-0.25, -0.2) is 0 Å². The first-order chi connectivity index (χ1) is 5.42. The number of rotatable bonds is 4. The molecule has 2 aliphatic carbocycles. The van der Waals surface area contributed by atoms with E-state index in [1.54, 1.807) is 0 Å². The minimum absolute atomic E-state index is 0.762. The van der Waals surface area contributed by atoms with Crippen molar-refractivity contribution in [1.82, 2.24) is 5.32 Å². The molecule has 1 N–H and O–H groups in total. The van der Waals surface area contributed by atoms with Crippen LogP contribution in [0.25, 0.3) is 0 Å². The van der Waals surface area contributed by atoms with Gasteiger partial charge in [0.2, 0.25) is 0 Å². The summed E-state index contributed by atoms with van der Waals surface area (Å²) in [4.78, 5) is 0. The summed E-state index contributed by atoms with van der Waals surface area (Å²) in [7, 11) is 0. The Bertz CT molecular complexity index is 160. The average molecular weight is 149 g/mol. The average Bonchev–Trinajstić information content (AvgIpc) is 2.85. The van der Waals surface area contributed by atoms with E-state index in [4.69, 9.17) is 6.42 Å². The largest absolute Gasteiger partial charge is 0.303 e. The van der Waals surface area contributed by atoms with Crippen LogP contribution in [0.2, 0.25) is 0 Å². The van der Waals surface area contributed by atoms with E-state index in [1.165, 1.54) is 25.7 Å². The van der Waals surface area contributed by atoms with Gasteiger partial charge in [-0.3, -0.25) is 0 Å². The van der Waals surface area contributed by atoms with Crippen molar-refractivity contribution in [3.05, 3.63) is 0 Å². The van der Waals surface area contributed by atoms with Gasteiger partial charge in [-0.2, -0.15) is 0 Å². The maximum atomic E-state index is 5.21. The Morgan fingerprint density at radius 1 is 1.27 bits per heavy atom. The smallest absolute Gasteiger partial charge is 0.0576 e. The zero-order valence-electron chi connectivity index (χ0n) is 6.84. The molecule has 0 aliphatic heterocycles. The van der Waals surface area contributed by atoms with Gasteiger partial charge >= 0.3 is 0 Å². The van der Waals surface area contributed by atoms with E-state index in [9.17, 15) is 0 Å². The number of nitrogens with one attached hydrogen (secondary N) is 1. The van der Waals surface area contributed by atoms with Crippen molar-refractivity contribution in [3.63, 3.8) is 0 Å². The van der Waals surface area contributed by atoms with Crippen molar-refractivity contribution in [2.75, 3.05) is 6.54 Å². The second kappa shape index (κ2) is 2.87. The van der Waals surface area contributed by atoms with Crippen LogP contribution in [-0.2, 0) is 0 Å². The number of terminal acetylenes is 1. The lowest BCUT2D eigenvalue weighted by atomic mass is 10.1. The monoisotopic (exact) mass is 149 g/mol. The maximum absolute atomic E-state index is 5.21. The third-order valence-electron chi connectivity index (χ3n) is 2.70. The highest BCUT2D eigenvalue weighted by atomic mass is 14.9. The molecule has 0 unspecified atom stereocenters. The molecule has 0 heterocycles. The molecule has 0 bridgehead atoms. The summed E-state index contributed by atoms with van der Waals surface area (Å²) >= 11 is 0. The lowest BCUT2D eigenvalue weighted by Gasteiger charge is -2.14. The van der Waals surface area contributed by atoms with E-state index in [0.717, 1.165) is 24.4 Å². The summed E-state index contributed by atoms with van der Waals surface area (Å²) < 4.78 is 0. The van der Waals surface area contributed by atoms with Gasteiger partial charge in [-0.1, -0.05) is 5.92 Å². The number of hydrogen-bond donors (Lipinski definition) is 1. The van der Waals surface area contributed by atoms with E-state index >= 15 is 0 Å². The Balaban J connectivity index is 1.78. The van der Waals surface area contributed by atoms with Crippen LogP contribution in [0.5, 0.6) is 0 Å². The van der Waals surface area contributed by atoms with Crippen molar-refractivity contribution in [3.8, 4) is 12.3 Å². The molecule has 2 aliphatic rings. The van der Waals surface area contributed by atoms with Gasteiger partial charge < -0.3 is 5.32 Å². The zero-order chi connectivity index (χ0) is 7.68. The zero-order valence-corrected chi connectivity index (χ0v) is 6.84. The molecular weight excluding hydrogens is 134 g/mol. The topological polar surface area (TPSA) is 12.0 Å². The van der Waals surface area contributed by atoms with Crippen molar-refractivity contribution in [2.45, 2.75) is 31.7 Å². The van der Waals surface area contributed by atoms with E-state index in [2.05, 4.69) is 11.2 Å². The summed E-state index contributed by atoms with van der Waals surface area (Å²) in [6.45, 7) is 0.762. The van der Waals surface area contributed by atoms with Gasteiger partial charge in [0, 0.05) is 6.04 Å². The minimum atomic E-state index is 0.762. The van der Waals surface area contributed by atoms with Gasteiger partial charge in [0.05, 0.1) is 6.54 Å². The van der Waals surface area contributed by atoms with E-state index < -0.39 is 0 Å². The molecule has 0 atom stereocenters. The van der Waals surface area contributed by atoms with Crippen LogP contribution >= 0.6 is 0 Å². The molecule has 1 heteroatoms. The van der Waals surface area contributed by atoms with Crippen LogP contribution in [0.4, 0.5) is 0 Å². The third kappa shape index (κ3) is 1.75. The van der Waals surface area contributed by atoms with Crippen LogP contribution in [0.15, 0.2) is 0 Å². The van der Waals surface area contributed by atoms with Crippen LogP contribution in [0.1, 0.15) is 25.7 Å². The van der Waals surface area contributed by atoms with Gasteiger partial charge in [-0.15, -0.1) is 6.42 Å². The molecule has 2 fully saturated rings. The van der Waals surface area contributed by atoms with Crippen LogP contribution in [-0.4, -0.2) is 12.6 Å². The molecule has 0 aromatic carbocycles. The van der Waals surface area contributed by atoms with E-state index in [0.29, 0.717) is 0 Å². The summed E-state index contributed by atoms with van der Waals surface area (Å²) in [5.74, 6) is 4.59. The van der Waals surface area contributed by atoms with Crippen molar-refractivity contribution >= 4 is 0 Å². The highest BCUT2D eigenvalue weighted by Crippen LogP contribution is 2.44. The highest BCUT2D eigenvalue weighted by molar-refractivity contribution is 4.99. The Morgan fingerprint density at radius 3 is 2.18 bits per heavy atom. The predicted octanol–water partition coefficient (Wildman–Crippen LogP) is 1.40. The lowest BCUT2D eigenvalue weighted by molar-refractivity contribution is 0.438. The molecule has 2 saturated carbocycles. The molecular formula is C10H15N. The van der Waals surface area contributed by atoms with Crippen molar-refractivity contribution in [2.24, 2.45) is 11.8 Å². The quantitative estimate of drug-likeness (QED) is 0.596. The summed E-state index contributed by atoms with van der Waals surface area (Å²) in [6, 6.07) is 0.769. The molecule has 0 amide bonds. The maximum Gasteiger partial charge on any atom is 0.0576 e. The van der Waals surface area contributed by atoms with E-state index in [-0.39, 0.29) is 0 Å². The molecule has 60 valence electrons. The lowest BCUT2D eigenvalue weighted by Crippen LogP contribution is -2.33. The molecule has 0 radical (unpaired) electrons. The summed E-state index contributed by atoms with van der Waals surface area (Å²) in [6.07, 6.45) is 10.9. The second-order valence-corrected chi connectivity index (χ2v) is 3.79. The highest BCUT2D eigenvalue weighted by Gasteiger charge is 2.40. The van der Waals surface area contributed by atoms with Crippen LogP contribution in [0.3, 0.4) is 0 Å². The third-order valence-corrected chi connectivity index (χ3v) is 2.70. The summed E-state index contributed by atoms with van der Waals surface area (Å²) in [5.41, 5.74) is 0. The van der Waals surface area contributed by atoms with Crippen molar-refractivity contribution < 1.29 is 0 Å². The molecule has 0 aromatic heterocycles. The molecule has 0 aromatic rings. The van der Waals surface area contributed by atoms with E-state index in [1.807, 2.05) is 0 Å². The first kappa shape index (κ1) is 7.18. The Kier molecular flexibility index (Phi) is 1.87. The minimum Gasteiger partial charge on any atom is -0.303 e. The van der Waals surface area contributed by atoms with Gasteiger partial charge in [0.25, 0.3) is 0 Å². The van der Waals surface area contributed by atoms with Crippen LogP contribution in [0, 0.1) is 24.2 Å². The molecule has 2 rings (SSSR count). The first-order valence-corrected chi connectivity index (χ1v) is 4.58. The van der Waals surface area contributed by atoms with Gasteiger partial charge in [0.15, 0.2) is 0 Å². The fraction of sp³-hybridized carbons (Fsp3) is 0.800. The first-order valence-electron chi connectivity index (χ1n) is 4.58. The number of hydrogen-bond acceptors (Lipinski definition) is 1. The normalized spacial score (nSPS) is 23.6. The fourth-order valence-electron chi connectivity index (χ4n) is 1.81. The SMILES string of the molecule is C#CCNC(C1CC1)C1CC1. The van der Waals surface area contributed by atoms with Gasteiger partial charge in [-0.05, 0) is 37.5 Å². The molecule has 11 heavy (non-hydrogen) atoms.